The topological polar surface area (TPSA) is 58.1 Å². The number of morpholine rings is 1. The molecule has 1 aromatic rings. The number of nitrogens with one attached hydrogen (secondary N) is 2. The van der Waals surface area contributed by atoms with E-state index in [1.165, 1.54) is 11.1 Å². The maximum absolute atomic E-state index is 5.86. The van der Waals surface area contributed by atoms with Gasteiger partial charge >= 0.3 is 0 Å². The van der Waals surface area contributed by atoms with Crippen molar-refractivity contribution in [1.29, 1.82) is 0 Å². The zero-order valence-electron chi connectivity index (χ0n) is 18.9. The lowest BCUT2D eigenvalue weighted by Gasteiger charge is -2.35. The summed E-state index contributed by atoms with van der Waals surface area (Å²) in [6.45, 7) is 14.6. The lowest BCUT2D eigenvalue weighted by molar-refractivity contribution is -0.0705. The lowest BCUT2D eigenvalue weighted by Crippen LogP contribution is -2.45. The van der Waals surface area contributed by atoms with E-state index >= 15 is 0 Å². The Labute approximate surface area is 177 Å². The standard InChI is InChI=1S/C23H40N4O2/c1-18(2)10-12-28-13-11-25-23(24-5)26-14-21-8-6-7-9-22(21)17-27-15-19(3)29-20(4)16-27/h6-9,18-20H,10-17H2,1-5H3,(H2,24,25,26). The average molecular weight is 405 g/mol. The van der Waals surface area contributed by atoms with E-state index in [9.17, 15) is 0 Å². The highest BCUT2D eigenvalue weighted by atomic mass is 16.5. The van der Waals surface area contributed by atoms with E-state index in [-0.39, 0.29) is 12.2 Å². The van der Waals surface area contributed by atoms with Crippen molar-refractivity contribution >= 4 is 5.96 Å². The highest BCUT2D eigenvalue weighted by molar-refractivity contribution is 5.79. The molecule has 1 aromatic carbocycles. The minimum absolute atomic E-state index is 0.287. The molecule has 1 fully saturated rings. The molecule has 1 aliphatic rings. The summed E-state index contributed by atoms with van der Waals surface area (Å²) in [6, 6.07) is 8.63. The maximum Gasteiger partial charge on any atom is 0.191 e. The van der Waals surface area contributed by atoms with Gasteiger partial charge in [-0.15, -0.1) is 0 Å². The smallest absolute Gasteiger partial charge is 0.191 e. The number of rotatable bonds is 10. The van der Waals surface area contributed by atoms with Gasteiger partial charge in [0.05, 0.1) is 18.8 Å². The molecule has 6 nitrogen and oxygen atoms in total. The summed E-state index contributed by atoms with van der Waals surface area (Å²) in [5.41, 5.74) is 2.66. The van der Waals surface area contributed by atoms with Crippen LogP contribution in [0.1, 0.15) is 45.2 Å². The first-order valence-electron chi connectivity index (χ1n) is 10.9. The summed E-state index contributed by atoms with van der Waals surface area (Å²) in [5, 5.41) is 6.76. The van der Waals surface area contributed by atoms with Crippen LogP contribution in [0.25, 0.3) is 0 Å². The molecule has 2 rings (SSSR count). The third kappa shape index (κ3) is 9.15. The second-order valence-electron chi connectivity index (χ2n) is 8.37. The molecule has 1 aliphatic heterocycles. The van der Waals surface area contributed by atoms with Crippen LogP contribution < -0.4 is 10.6 Å². The second-order valence-corrected chi connectivity index (χ2v) is 8.37. The van der Waals surface area contributed by atoms with Crippen LogP contribution in [0.3, 0.4) is 0 Å². The van der Waals surface area contributed by atoms with Crippen LogP contribution in [-0.4, -0.2) is 63.0 Å². The van der Waals surface area contributed by atoms with Crippen molar-refractivity contribution in [3.8, 4) is 0 Å². The van der Waals surface area contributed by atoms with Crippen molar-refractivity contribution < 1.29 is 9.47 Å². The molecule has 0 spiro atoms. The molecule has 0 aliphatic carbocycles. The molecule has 2 N–H and O–H groups in total. The van der Waals surface area contributed by atoms with Gasteiger partial charge in [-0.1, -0.05) is 38.1 Å². The van der Waals surface area contributed by atoms with Gasteiger partial charge in [0.25, 0.3) is 0 Å². The van der Waals surface area contributed by atoms with Crippen molar-refractivity contribution in [1.82, 2.24) is 15.5 Å². The van der Waals surface area contributed by atoms with Gasteiger partial charge in [0.1, 0.15) is 0 Å². The minimum Gasteiger partial charge on any atom is -0.380 e. The third-order valence-corrected chi connectivity index (χ3v) is 5.06. The lowest BCUT2D eigenvalue weighted by atomic mass is 10.1. The van der Waals surface area contributed by atoms with Crippen LogP contribution in [-0.2, 0) is 22.6 Å². The molecule has 1 heterocycles. The summed E-state index contributed by atoms with van der Waals surface area (Å²) in [4.78, 5) is 6.81. The van der Waals surface area contributed by atoms with Crippen LogP contribution in [0, 0.1) is 5.92 Å². The zero-order chi connectivity index (χ0) is 21.1. The molecule has 0 saturated carbocycles. The molecule has 0 radical (unpaired) electrons. The summed E-state index contributed by atoms with van der Waals surface area (Å²) in [5.74, 6) is 1.49. The van der Waals surface area contributed by atoms with Gasteiger partial charge < -0.3 is 20.1 Å². The number of guanidine groups is 1. The largest absolute Gasteiger partial charge is 0.380 e. The molecule has 0 bridgehead atoms. The summed E-state index contributed by atoms with van der Waals surface area (Å²) in [6.07, 6.45) is 1.68. The van der Waals surface area contributed by atoms with E-state index in [1.807, 2.05) is 0 Å². The fraction of sp³-hybridized carbons (Fsp3) is 0.696. The second kappa shape index (κ2) is 12.8. The first kappa shape index (κ1) is 23.6. The van der Waals surface area contributed by atoms with Crippen molar-refractivity contribution in [2.75, 3.05) is 39.9 Å². The molecule has 29 heavy (non-hydrogen) atoms. The van der Waals surface area contributed by atoms with Crippen LogP contribution in [0.2, 0.25) is 0 Å². The predicted octanol–water partition coefficient (Wildman–Crippen LogP) is 3.02. The van der Waals surface area contributed by atoms with Crippen molar-refractivity contribution in [3.05, 3.63) is 35.4 Å². The Morgan fingerprint density at radius 1 is 1.14 bits per heavy atom. The Bertz CT molecular complexity index is 611. The van der Waals surface area contributed by atoms with Crippen LogP contribution >= 0.6 is 0 Å². The van der Waals surface area contributed by atoms with Gasteiger partial charge in [-0.25, -0.2) is 0 Å². The molecule has 164 valence electrons. The van der Waals surface area contributed by atoms with Crippen molar-refractivity contribution in [2.45, 2.75) is 59.4 Å². The number of hydrogen-bond acceptors (Lipinski definition) is 4. The van der Waals surface area contributed by atoms with E-state index in [1.54, 1.807) is 7.05 Å². The monoisotopic (exact) mass is 404 g/mol. The van der Waals surface area contributed by atoms with E-state index < -0.39 is 0 Å². The number of hydrogen-bond donors (Lipinski definition) is 2. The van der Waals surface area contributed by atoms with Gasteiger partial charge in [-0.2, -0.15) is 0 Å². The van der Waals surface area contributed by atoms with Crippen molar-refractivity contribution in [2.24, 2.45) is 10.9 Å². The van der Waals surface area contributed by atoms with E-state index in [2.05, 4.69) is 72.5 Å². The number of ether oxygens (including phenoxy) is 2. The highest BCUT2D eigenvalue weighted by Crippen LogP contribution is 2.17. The Hall–Kier alpha value is -1.63. The zero-order valence-corrected chi connectivity index (χ0v) is 18.9. The first-order valence-corrected chi connectivity index (χ1v) is 10.9. The Kier molecular flexibility index (Phi) is 10.5. The normalized spacial score (nSPS) is 20.8. The quantitative estimate of drug-likeness (QED) is 0.357. The predicted molar refractivity (Wildman–Crippen MR) is 120 cm³/mol. The minimum atomic E-state index is 0.287. The van der Waals surface area contributed by atoms with Gasteiger partial charge in [-0.3, -0.25) is 9.89 Å². The van der Waals surface area contributed by atoms with Crippen molar-refractivity contribution in [3.63, 3.8) is 0 Å². The Balaban J connectivity index is 1.79. The number of aliphatic imine (C=N–C) groups is 1. The molecular weight excluding hydrogens is 364 g/mol. The van der Waals surface area contributed by atoms with Gasteiger partial charge in [-0.05, 0) is 37.3 Å². The van der Waals surface area contributed by atoms with Gasteiger partial charge in [0.15, 0.2) is 5.96 Å². The molecule has 2 unspecified atom stereocenters. The third-order valence-electron chi connectivity index (χ3n) is 5.06. The van der Waals surface area contributed by atoms with E-state index in [0.29, 0.717) is 12.5 Å². The summed E-state index contributed by atoms with van der Waals surface area (Å²) < 4.78 is 11.5. The van der Waals surface area contributed by atoms with Gasteiger partial charge in [0, 0.05) is 46.4 Å². The van der Waals surface area contributed by atoms with Gasteiger partial charge in [0.2, 0.25) is 0 Å². The number of nitrogens with zero attached hydrogens (tertiary/aromatic N) is 2. The first-order chi connectivity index (χ1) is 14.0. The SMILES string of the molecule is CN=C(NCCOCCC(C)C)NCc1ccccc1CN1CC(C)OC(C)C1. The molecule has 0 amide bonds. The fourth-order valence-electron chi connectivity index (χ4n) is 3.60. The molecular formula is C23H40N4O2. The number of benzene rings is 1. The Morgan fingerprint density at radius 3 is 2.48 bits per heavy atom. The summed E-state index contributed by atoms with van der Waals surface area (Å²) in [7, 11) is 1.80. The van der Waals surface area contributed by atoms with E-state index in [4.69, 9.17) is 9.47 Å². The molecule has 2 atom stereocenters. The molecule has 1 saturated heterocycles. The van der Waals surface area contributed by atoms with E-state index in [0.717, 1.165) is 51.7 Å². The average Bonchev–Trinajstić information content (AvgIpc) is 2.67. The Morgan fingerprint density at radius 2 is 1.83 bits per heavy atom. The van der Waals surface area contributed by atoms with Crippen LogP contribution in [0.5, 0.6) is 0 Å². The molecule has 0 aromatic heterocycles. The van der Waals surface area contributed by atoms with Crippen LogP contribution in [0.4, 0.5) is 0 Å². The highest BCUT2D eigenvalue weighted by Gasteiger charge is 2.22. The van der Waals surface area contributed by atoms with Crippen LogP contribution in [0.15, 0.2) is 29.3 Å². The molecule has 6 heteroatoms. The maximum atomic E-state index is 5.86. The fourth-order valence-corrected chi connectivity index (χ4v) is 3.60. The summed E-state index contributed by atoms with van der Waals surface area (Å²) >= 11 is 0.